The van der Waals surface area contributed by atoms with E-state index >= 15 is 0 Å². The zero-order chi connectivity index (χ0) is 19.2. The molecule has 28 heavy (non-hydrogen) atoms. The van der Waals surface area contributed by atoms with Gasteiger partial charge in [0.2, 0.25) is 0 Å². The number of benzene rings is 2. The van der Waals surface area contributed by atoms with E-state index in [1.807, 2.05) is 30.3 Å². The number of allylic oxidation sites excluding steroid dienone is 2. The Bertz CT molecular complexity index is 841. The quantitative estimate of drug-likeness (QED) is 0.659. The van der Waals surface area contributed by atoms with Gasteiger partial charge in [-0.15, -0.1) is 6.58 Å². The van der Waals surface area contributed by atoms with Crippen molar-refractivity contribution >= 4 is 0 Å². The number of hydrogen-bond donors (Lipinski definition) is 0. The van der Waals surface area contributed by atoms with Crippen molar-refractivity contribution in [2.24, 2.45) is 0 Å². The van der Waals surface area contributed by atoms with E-state index in [2.05, 4.69) is 66.1 Å². The molecule has 0 bridgehead atoms. The van der Waals surface area contributed by atoms with E-state index < -0.39 is 0 Å². The molecule has 2 aromatic carbocycles. The molecule has 1 heterocycles. The standard InChI is InChI=1S/C25H27NO2/c1-2-25(15-7-4-8-16-25)26-17-18-27-24(19-26)22-11-13-23(14-12-22)28-20-21-9-5-3-6-10-21/h2-15,24H,1,16-20H2/t24-,25+/m1/s1. The molecular weight excluding hydrogens is 346 g/mol. The van der Waals surface area contributed by atoms with Crippen LogP contribution in [0, 0.1) is 0 Å². The molecule has 1 fully saturated rings. The maximum Gasteiger partial charge on any atom is 0.119 e. The van der Waals surface area contributed by atoms with Gasteiger partial charge in [-0.05, 0) is 29.7 Å². The Labute approximate surface area is 167 Å². The number of nitrogens with zero attached hydrogens (tertiary/aromatic N) is 1. The van der Waals surface area contributed by atoms with Crippen LogP contribution in [0.15, 0.2) is 91.6 Å². The summed E-state index contributed by atoms with van der Waals surface area (Å²) in [7, 11) is 0. The van der Waals surface area contributed by atoms with E-state index in [1.165, 1.54) is 11.1 Å². The molecular formula is C25H27NO2. The van der Waals surface area contributed by atoms with Crippen LogP contribution >= 0.6 is 0 Å². The second-order valence-electron chi connectivity index (χ2n) is 7.34. The normalized spacial score (nSPS) is 24.8. The third kappa shape index (κ3) is 4.11. The molecule has 2 aromatic rings. The van der Waals surface area contributed by atoms with Crippen LogP contribution in [0.5, 0.6) is 5.75 Å². The zero-order valence-electron chi connectivity index (χ0n) is 16.2. The summed E-state index contributed by atoms with van der Waals surface area (Å²) < 4.78 is 12.0. The molecule has 2 aliphatic rings. The molecule has 0 amide bonds. The lowest BCUT2D eigenvalue weighted by atomic mass is 9.88. The first-order chi connectivity index (χ1) is 13.8. The van der Waals surface area contributed by atoms with Gasteiger partial charge in [0.1, 0.15) is 12.4 Å². The minimum atomic E-state index is -0.102. The van der Waals surface area contributed by atoms with Crippen molar-refractivity contribution in [2.75, 3.05) is 19.7 Å². The SMILES string of the molecule is C=C[C@]1(N2CCO[C@@H](c3ccc(OCc4ccccc4)cc3)C2)C=CC=CC1. The second kappa shape index (κ2) is 8.59. The summed E-state index contributed by atoms with van der Waals surface area (Å²) in [4.78, 5) is 2.48. The van der Waals surface area contributed by atoms with Gasteiger partial charge < -0.3 is 9.47 Å². The molecule has 0 spiro atoms. The summed E-state index contributed by atoms with van der Waals surface area (Å²) in [6.45, 7) is 7.18. The Morgan fingerprint density at radius 3 is 2.64 bits per heavy atom. The molecule has 0 aromatic heterocycles. The zero-order valence-corrected chi connectivity index (χ0v) is 16.2. The Hall–Kier alpha value is -2.62. The van der Waals surface area contributed by atoms with Gasteiger partial charge in [-0.1, -0.05) is 72.8 Å². The van der Waals surface area contributed by atoms with E-state index in [4.69, 9.17) is 9.47 Å². The molecule has 0 radical (unpaired) electrons. The average molecular weight is 373 g/mol. The fourth-order valence-corrected chi connectivity index (χ4v) is 3.89. The van der Waals surface area contributed by atoms with Crippen molar-refractivity contribution < 1.29 is 9.47 Å². The van der Waals surface area contributed by atoms with Crippen molar-refractivity contribution in [2.45, 2.75) is 24.7 Å². The van der Waals surface area contributed by atoms with Crippen LogP contribution in [-0.2, 0) is 11.3 Å². The van der Waals surface area contributed by atoms with Gasteiger partial charge in [-0.3, -0.25) is 4.90 Å². The summed E-state index contributed by atoms with van der Waals surface area (Å²) in [5.74, 6) is 0.878. The largest absolute Gasteiger partial charge is 0.489 e. The lowest BCUT2D eigenvalue weighted by molar-refractivity contribution is -0.0511. The fraction of sp³-hybridized carbons (Fsp3) is 0.280. The molecule has 1 aliphatic heterocycles. The van der Waals surface area contributed by atoms with Gasteiger partial charge in [-0.25, -0.2) is 0 Å². The highest BCUT2D eigenvalue weighted by Gasteiger charge is 2.35. The monoisotopic (exact) mass is 373 g/mol. The number of morpholine rings is 1. The molecule has 3 heteroatoms. The fourth-order valence-electron chi connectivity index (χ4n) is 3.89. The van der Waals surface area contributed by atoms with Gasteiger partial charge in [-0.2, -0.15) is 0 Å². The summed E-state index contributed by atoms with van der Waals surface area (Å²) in [6.07, 6.45) is 11.8. The maximum absolute atomic E-state index is 6.08. The molecule has 1 saturated heterocycles. The molecule has 3 nitrogen and oxygen atoms in total. The molecule has 144 valence electrons. The van der Waals surface area contributed by atoms with Crippen molar-refractivity contribution in [3.05, 3.63) is 103 Å². The molecule has 0 unspecified atom stereocenters. The highest BCUT2D eigenvalue weighted by Crippen LogP contribution is 2.33. The van der Waals surface area contributed by atoms with Crippen LogP contribution in [0.2, 0.25) is 0 Å². The summed E-state index contributed by atoms with van der Waals surface area (Å²) in [6, 6.07) is 18.5. The van der Waals surface area contributed by atoms with Gasteiger partial charge in [0.15, 0.2) is 0 Å². The first kappa shape index (κ1) is 18.7. The maximum atomic E-state index is 6.08. The van der Waals surface area contributed by atoms with Crippen molar-refractivity contribution in [3.8, 4) is 5.75 Å². The molecule has 0 N–H and O–H groups in total. The van der Waals surface area contributed by atoms with Crippen molar-refractivity contribution in [1.82, 2.24) is 4.90 Å². The first-order valence-corrected chi connectivity index (χ1v) is 9.90. The predicted octanol–water partition coefficient (Wildman–Crippen LogP) is 5.08. The topological polar surface area (TPSA) is 21.7 Å². The average Bonchev–Trinajstić information content (AvgIpc) is 2.79. The van der Waals surface area contributed by atoms with Crippen LogP contribution in [0.4, 0.5) is 0 Å². The van der Waals surface area contributed by atoms with Crippen LogP contribution in [0.3, 0.4) is 0 Å². The van der Waals surface area contributed by atoms with Gasteiger partial charge in [0, 0.05) is 13.1 Å². The Morgan fingerprint density at radius 1 is 1.11 bits per heavy atom. The Morgan fingerprint density at radius 2 is 1.93 bits per heavy atom. The summed E-state index contributed by atoms with van der Waals surface area (Å²) in [5.41, 5.74) is 2.25. The summed E-state index contributed by atoms with van der Waals surface area (Å²) in [5, 5.41) is 0. The number of rotatable bonds is 6. The van der Waals surface area contributed by atoms with Crippen LogP contribution in [0.1, 0.15) is 23.7 Å². The van der Waals surface area contributed by atoms with Crippen LogP contribution < -0.4 is 4.74 Å². The van der Waals surface area contributed by atoms with E-state index in [0.717, 1.165) is 31.9 Å². The third-order valence-electron chi connectivity index (χ3n) is 5.59. The molecule has 2 atom stereocenters. The summed E-state index contributed by atoms with van der Waals surface area (Å²) >= 11 is 0. The second-order valence-corrected chi connectivity index (χ2v) is 7.34. The lowest BCUT2D eigenvalue weighted by Crippen LogP contribution is -2.52. The highest BCUT2D eigenvalue weighted by molar-refractivity contribution is 5.31. The van der Waals surface area contributed by atoms with E-state index in [9.17, 15) is 0 Å². The number of ether oxygens (including phenoxy) is 2. The molecule has 1 aliphatic carbocycles. The van der Waals surface area contributed by atoms with Gasteiger partial charge >= 0.3 is 0 Å². The Balaban J connectivity index is 1.40. The van der Waals surface area contributed by atoms with E-state index in [-0.39, 0.29) is 11.6 Å². The minimum Gasteiger partial charge on any atom is -0.489 e. The van der Waals surface area contributed by atoms with E-state index in [1.54, 1.807) is 0 Å². The van der Waals surface area contributed by atoms with Crippen molar-refractivity contribution in [3.63, 3.8) is 0 Å². The van der Waals surface area contributed by atoms with Gasteiger partial charge in [0.25, 0.3) is 0 Å². The molecule has 4 rings (SSSR count). The van der Waals surface area contributed by atoms with Crippen LogP contribution in [0.25, 0.3) is 0 Å². The minimum absolute atomic E-state index is 0.0630. The van der Waals surface area contributed by atoms with Crippen LogP contribution in [-0.4, -0.2) is 30.1 Å². The number of hydrogen-bond acceptors (Lipinski definition) is 3. The predicted molar refractivity (Wildman–Crippen MR) is 113 cm³/mol. The van der Waals surface area contributed by atoms with Gasteiger partial charge in [0.05, 0.1) is 18.2 Å². The smallest absolute Gasteiger partial charge is 0.119 e. The first-order valence-electron chi connectivity index (χ1n) is 9.90. The molecule has 0 saturated carbocycles. The third-order valence-corrected chi connectivity index (χ3v) is 5.59. The van der Waals surface area contributed by atoms with E-state index in [0.29, 0.717) is 6.61 Å². The van der Waals surface area contributed by atoms with Crippen molar-refractivity contribution in [1.29, 1.82) is 0 Å². The Kier molecular flexibility index (Phi) is 5.75. The lowest BCUT2D eigenvalue weighted by Gasteiger charge is -2.44. The highest BCUT2D eigenvalue weighted by atomic mass is 16.5.